The van der Waals surface area contributed by atoms with E-state index >= 15 is 0 Å². The molecule has 0 radical (unpaired) electrons. The van der Waals surface area contributed by atoms with Crippen LogP contribution in [0.15, 0.2) is 42.0 Å². The van der Waals surface area contributed by atoms with Gasteiger partial charge in [-0.15, -0.1) is 0 Å². The molecular formula is C15H18O. The monoisotopic (exact) mass is 214 g/mol. The van der Waals surface area contributed by atoms with Crippen molar-refractivity contribution in [2.45, 2.75) is 26.2 Å². The first-order valence-corrected chi connectivity index (χ1v) is 5.70. The fourth-order valence-electron chi connectivity index (χ4n) is 2.11. The van der Waals surface area contributed by atoms with Crippen molar-refractivity contribution >= 4 is 0 Å². The molecule has 84 valence electrons. The van der Waals surface area contributed by atoms with Gasteiger partial charge in [0, 0.05) is 5.92 Å². The fourth-order valence-corrected chi connectivity index (χ4v) is 2.11. The molecule has 0 saturated carbocycles. The number of methoxy groups -OCH3 is 1. The van der Waals surface area contributed by atoms with Gasteiger partial charge in [-0.1, -0.05) is 35.9 Å². The smallest absolute Gasteiger partial charge is 0.121 e. The molecule has 1 heteroatoms. The molecule has 0 aliphatic heterocycles. The Morgan fingerprint density at radius 1 is 1.25 bits per heavy atom. The summed E-state index contributed by atoms with van der Waals surface area (Å²) in [6, 6.07) is 6.45. The molecule has 0 aromatic heterocycles. The highest BCUT2D eigenvalue weighted by atomic mass is 16.5. The Morgan fingerprint density at radius 3 is 2.62 bits per heavy atom. The maximum atomic E-state index is 5.27. The second-order valence-corrected chi connectivity index (χ2v) is 4.38. The normalized spacial score (nSPS) is 19.4. The number of rotatable bonds is 2. The van der Waals surface area contributed by atoms with E-state index < -0.39 is 0 Å². The predicted molar refractivity (Wildman–Crippen MR) is 68.0 cm³/mol. The van der Waals surface area contributed by atoms with E-state index in [1.165, 1.54) is 16.7 Å². The van der Waals surface area contributed by atoms with Crippen LogP contribution in [-0.2, 0) is 0 Å². The predicted octanol–water partition coefficient (Wildman–Crippen LogP) is 3.99. The first-order chi connectivity index (χ1) is 7.70. The molecule has 0 fully saturated rings. The first kappa shape index (κ1) is 11.0. The molecule has 0 bridgehead atoms. The minimum Gasteiger partial charge on any atom is -0.496 e. The average Bonchev–Trinajstić information content (AvgIpc) is 2.30. The largest absolute Gasteiger partial charge is 0.496 e. The minimum absolute atomic E-state index is 0.522. The van der Waals surface area contributed by atoms with Gasteiger partial charge in [-0.05, 0) is 37.5 Å². The summed E-state index contributed by atoms with van der Waals surface area (Å²) in [6.07, 6.45) is 7.89. The average molecular weight is 214 g/mol. The van der Waals surface area contributed by atoms with E-state index in [0.717, 1.165) is 12.2 Å². The van der Waals surface area contributed by atoms with Crippen LogP contribution in [0.4, 0.5) is 0 Å². The van der Waals surface area contributed by atoms with Crippen molar-refractivity contribution in [1.29, 1.82) is 0 Å². The third kappa shape index (κ3) is 2.19. The molecular weight excluding hydrogens is 196 g/mol. The molecule has 0 heterocycles. The molecule has 2 rings (SSSR count). The molecule has 0 N–H and O–H groups in total. The highest BCUT2D eigenvalue weighted by molar-refractivity contribution is 5.40. The molecule has 1 aliphatic rings. The summed E-state index contributed by atoms with van der Waals surface area (Å²) in [6.45, 7) is 4.24. The van der Waals surface area contributed by atoms with Crippen molar-refractivity contribution in [3.8, 4) is 5.75 Å². The second kappa shape index (κ2) is 4.56. The quantitative estimate of drug-likeness (QED) is 0.723. The maximum absolute atomic E-state index is 5.27. The van der Waals surface area contributed by atoms with Crippen molar-refractivity contribution in [2.24, 2.45) is 0 Å². The van der Waals surface area contributed by atoms with Gasteiger partial charge < -0.3 is 4.74 Å². The van der Waals surface area contributed by atoms with E-state index in [0.29, 0.717) is 5.92 Å². The molecule has 0 spiro atoms. The number of hydrogen-bond donors (Lipinski definition) is 0. The number of benzene rings is 1. The SMILES string of the molecule is COc1ccc(C2C=CC(C)=CC2)cc1C. The molecule has 1 aromatic carbocycles. The van der Waals surface area contributed by atoms with Crippen LogP contribution in [0.25, 0.3) is 0 Å². The lowest BCUT2D eigenvalue weighted by atomic mass is 9.90. The zero-order valence-electron chi connectivity index (χ0n) is 10.2. The van der Waals surface area contributed by atoms with Gasteiger partial charge in [0.15, 0.2) is 0 Å². The molecule has 0 saturated heterocycles. The van der Waals surface area contributed by atoms with Gasteiger partial charge in [0.1, 0.15) is 5.75 Å². The molecule has 1 unspecified atom stereocenters. The number of aryl methyl sites for hydroxylation is 1. The van der Waals surface area contributed by atoms with E-state index in [2.05, 4.69) is 50.3 Å². The Morgan fingerprint density at radius 2 is 2.06 bits per heavy atom. The summed E-state index contributed by atoms with van der Waals surface area (Å²) in [5.41, 5.74) is 3.94. The number of allylic oxidation sites excluding steroid dienone is 4. The van der Waals surface area contributed by atoms with Crippen LogP contribution in [-0.4, -0.2) is 7.11 Å². The Balaban J connectivity index is 2.23. The summed E-state index contributed by atoms with van der Waals surface area (Å²) >= 11 is 0. The standard InChI is InChI=1S/C15H18O/c1-11-4-6-13(7-5-11)14-8-9-15(16-3)12(2)10-14/h4-6,8-10,13H,7H2,1-3H3. The number of hydrogen-bond acceptors (Lipinski definition) is 1. The summed E-state index contributed by atoms with van der Waals surface area (Å²) in [7, 11) is 1.72. The van der Waals surface area contributed by atoms with Crippen LogP contribution >= 0.6 is 0 Å². The molecule has 1 atom stereocenters. The van der Waals surface area contributed by atoms with Crippen LogP contribution in [0, 0.1) is 6.92 Å². The van der Waals surface area contributed by atoms with Crippen LogP contribution in [0.1, 0.15) is 30.4 Å². The Hall–Kier alpha value is -1.50. The lowest BCUT2D eigenvalue weighted by molar-refractivity contribution is 0.411. The highest BCUT2D eigenvalue weighted by Gasteiger charge is 2.11. The summed E-state index contributed by atoms with van der Waals surface area (Å²) in [5.74, 6) is 1.49. The number of ether oxygens (including phenoxy) is 1. The summed E-state index contributed by atoms with van der Waals surface area (Å²) in [4.78, 5) is 0. The highest BCUT2D eigenvalue weighted by Crippen LogP contribution is 2.29. The lowest BCUT2D eigenvalue weighted by Gasteiger charge is -2.16. The van der Waals surface area contributed by atoms with Crippen LogP contribution in [0.5, 0.6) is 5.75 Å². The maximum Gasteiger partial charge on any atom is 0.121 e. The fraction of sp³-hybridized carbons (Fsp3) is 0.333. The third-order valence-corrected chi connectivity index (χ3v) is 3.13. The van der Waals surface area contributed by atoms with Gasteiger partial charge >= 0.3 is 0 Å². The van der Waals surface area contributed by atoms with Gasteiger partial charge in [0.2, 0.25) is 0 Å². The molecule has 16 heavy (non-hydrogen) atoms. The van der Waals surface area contributed by atoms with Gasteiger partial charge in [-0.3, -0.25) is 0 Å². The lowest BCUT2D eigenvalue weighted by Crippen LogP contribution is -1.99. The van der Waals surface area contributed by atoms with E-state index in [1.54, 1.807) is 7.11 Å². The topological polar surface area (TPSA) is 9.23 Å². The second-order valence-electron chi connectivity index (χ2n) is 4.38. The van der Waals surface area contributed by atoms with Crippen molar-refractivity contribution in [2.75, 3.05) is 7.11 Å². The van der Waals surface area contributed by atoms with Crippen molar-refractivity contribution in [3.63, 3.8) is 0 Å². The zero-order chi connectivity index (χ0) is 11.5. The molecule has 1 aliphatic carbocycles. The van der Waals surface area contributed by atoms with E-state index in [1.807, 2.05) is 0 Å². The minimum atomic E-state index is 0.522. The van der Waals surface area contributed by atoms with E-state index in [9.17, 15) is 0 Å². The molecule has 0 amide bonds. The van der Waals surface area contributed by atoms with Crippen molar-refractivity contribution in [3.05, 3.63) is 53.1 Å². The van der Waals surface area contributed by atoms with Crippen molar-refractivity contribution < 1.29 is 4.74 Å². The van der Waals surface area contributed by atoms with Crippen LogP contribution in [0.2, 0.25) is 0 Å². The Labute approximate surface area is 97.4 Å². The van der Waals surface area contributed by atoms with Crippen LogP contribution in [0.3, 0.4) is 0 Å². The summed E-state index contributed by atoms with van der Waals surface area (Å²) in [5, 5.41) is 0. The zero-order valence-corrected chi connectivity index (χ0v) is 10.2. The third-order valence-electron chi connectivity index (χ3n) is 3.13. The van der Waals surface area contributed by atoms with Gasteiger partial charge in [0.25, 0.3) is 0 Å². The van der Waals surface area contributed by atoms with Gasteiger partial charge in [0.05, 0.1) is 7.11 Å². The summed E-state index contributed by atoms with van der Waals surface area (Å²) < 4.78 is 5.27. The Kier molecular flexibility index (Phi) is 3.14. The molecule has 1 aromatic rings. The van der Waals surface area contributed by atoms with Crippen molar-refractivity contribution in [1.82, 2.24) is 0 Å². The first-order valence-electron chi connectivity index (χ1n) is 5.70. The molecule has 1 nitrogen and oxygen atoms in total. The van der Waals surface area contributed by atoms with E-state index in [-0.39, 0.29) is 0 Å². The van der Waals surface area contributed by atoms with E-state index in [4.69, 9.17) is 4.74 Å². The van der Waals surface area contributed by atoms with Crippen LogP contribution < -0.4 is 4.74 Å². The van der Waals surface area contributed by atoms with Gasteiger partial charge in [-0.25, -0.2) is 0 Å². The Bertz CT molecular complexity index is 441. The van der Waals surface area contributed by atoms with Gasteiger partial charge in [-0.2, -0.15) is 0 Å².